The van der Waals surface area contributed by atoms with Gasteiger partial charge in [-0.25, -0.2) is 10.0 Å². The van der Waals surface area contributed by atoms with Gasteiger partial charge in [0, 0.05) is 13.2 Å². The molecule has 0 spiro atoms. The van der Waals surface area contributed by atoms with Gasteiger partial charge in [0.05, 0.1) is 0 Å². The van der Waals surface area contributed by atoms with Crippen LogP contribution in [-0.2, 0) is 4.28 Å². The van der Waals surface area contributed by atoms with E-state index in [1.54, 1.807) is 13.2 Å². The smallest absolute Gasteiger partial charge is 0.153 e. The molecule has 0 radical (unpaired) electrons. The Morgan fingerprint density at radius 2 is 2.45 bits per heavy atom. The van der Waals surface area contributed by atoms with Crippen LogP contribution in [0.15, 0.2) is 24.4 Å². The maximum Gasteiger partial charge on any atom is 0.153 e. The molecule has 60 valence electrons. The van der Waals surface area contributed by atoms with Gasteiger partial charge < -0.3 is 0 Å². The van der Waals surface area contributed by atoms with Crippen LogP contribution < -0.4 is 10.2 Å². The Morgan fingerprint density at radius 1 is 1.64 bits per heavy atom. The molecule has 0 amide bonds. The number of nitrogens with two attached hydrogens (primary N) is 1. The molecule has 0 saturated carbocycles. The Bertz CT molecular complexity index is 206. The average Bonchev–Trinajstić information content (AvgIpc) is 2.07. The van der Waals surface area contributed by atoms with Gasteiger partial charge >= 0.3 is 0 Å². The van der Waals surface area contributed by atoms with E-state index in [1.807, 2.05) is 18.2 Å². The SMILES string of the molecule is CN(OSN)c1ccccn1. The van der Waals surface area contributed by atoms with Crippen molar-refractivity contribution in [1.82, 2.24) is 4.98 Å². The third kappa shape index (κ3) is 2.38. The van der Waals surface area contributed by atoms with Crippen molar-refractivity contribution in [3.63, 3.8) is 0 Å². The Morgan fingerprint density at radius 3 is 3.00 bits per heavy atom. The van der Waals surface area contributed by atoms with Gasteiger partial charge in [0.15, 0.2) is 5.82 Å². The maximum absolute atomic E-state index is 5.09. The van der Waals surface area contributed by atoms with Crippen molar-refractivity contribution in [2.24, 2.45) is 5.14 Å². The topological polar surface area (TPSA) is 51.4 Å². The summed E-state index contributed by atoms with van der Waals surface area (Å²) >= 11 is 0.790. The highest BCUT2D eigenvalue weighted by atomic mass is 32.2. The maximum atomic E-state index is 5.09. The summed E-state index contributed by atoms with van der Waals surface area (Å²) in [6.07, 6.45) is 1.69. The molecule has 11 heavy (non-hydrogen) atoms. The van der Waals surface area contributed by atoms with Crippen LogP contribution in [0, 0.1) is 0 Å². The molecule has 0 aliphatic heterocycles. The molecular weight excluding hydrogens is 162 g/mol. The van der Waals surface area contributed by atoms with Gasteiger partial charge in [-0.1, -0.05) is 6.07 Å². The van der Waals surface area contributed by atoms with E-state index in [0.29, 0.717) is 0 Å². The predicted octanol–water partition coefficient (Wildman–Crippen LogP) is 0.971. The van der Waals surface area contributed by atoms with Crippen LogP contribution in [0.1, 0.15) is 0 Å². The highest BCUT2D eigenvalue weighted by Gasteiger charge is 1.99. The number of rotatable bonds is 3. The van der Waals surface area contributed by atoms with E-state index in [1.165, 1.54) is 5.06 Å². The second-order valence-corrected chi connectivity index (χ2v) is 2.20. The van der Waals surface area contributed by atoms with Crippen molar-refractivity contribution < 1.29 is 4.28 Å². The van der Waals surface area contributed by atoms with Crippen molar-refractivity contribution in [2.45, 2.75) is 0 Å². The third-order valence-electron chi connectivity index (χ3n) is 1.13. The summed E-state index contributed by atoms with van der Waals surface area (Å²) in [5, 5.41) is 6.58. The van der Waals surface area contributed by atoms with Crippen molar-refractivity contribution >= 4 is 18.0 Å². The van der Waals surface area contributed by atoms with E-state index in [2.05, 4.69) is 4.98 Å². The minimum absolute atomic E-state index is 0.727. The highest BCUT2D eigenvalue weighted by molar-refractivity contribution is 7.92. The zero-order valence-electron chi connectivity index (χ0n) is 6.10. The van der Waals surface area contributed by atoms with Crippen molar-refractivity contribution in [2.75, 3.05) is 12.1 Å². The number of hydroxylamine groups is 1. The Labute approximate surface area is 69.7 Å². The number of hydrogen-bond donors (Lipinski definition) is 1. The van der Waals surface area contributed by atoms with Crippen molar-refractivity contribution in [1.29, 1.82) is 0 Å². The molecule has 5 heteroatoms. The number of anilines is 1. The van der Waals surface area contributed by atoms with Crippen LogP contribution >= 0.6 is 12.2 Å². The van der Waals surface area contributed by atoms with Gasteiger partial charge in [-0.3, -0.25) is 5.14 Å². The van der Waals surface area contributed by atoms with E-state index < -0.39 is 0 Å². The summed E-state index contributed by atoms with van der Waals surface area (Å²) in [6.45, 7) is 0. The molecule has 1 aromatic heterocycles. The zero-order chi connectivity index (χ0) is 8.10. The highest BCUT2D eigenvalue weighted by Crippen LogP contribution is 2.09. The van der Waals surface area contributed by atoms with Crippen molar-refractivity contribution in [3.8, 4) is 0 Å². The molecule has 0 unspecified atom stereocenters. The second-order valence-electron chi connectivity index (χ2n) is 1.86. The molecule has 0 atom stereocenters. The van der Waals surface area contributed by atoms with Crippen molar-refractivity contribution in [3.05, 3.63) is 24.4 Å². The van der Waals surface area contributed by atoms with E-state index >= 15 is 0 Å². The Kier molecular flexibility index (Phi) is 3.15. The first kappa shape index (κ1) is 8.32. The van der Waals surface area contributed by atoms with Gasteiger partial charge in [0.1, 0.15) is 12.2 Å². The van der Waals surface area contributed by atoms with Crippen LogP contribution in [0.25, 0.3) is 0 Å². The van der Waals surface area contributed by atoms with Crippen LogP contribution in [-0.4, -0.2) is 12.0 Å². The minimum Gasteiger partial charge on any atom is -0.252 e. The first-order chi connectivity index (χ1) is 5.34. The van der Waals surface area contributed by atoms with Gasteiger partial charge in [-0.05, 0) is 12.1 Å². The summed E-state index contributed by atoms with van der Waals surface area (Å²) in [4.78, 5) is 4.03. The van der Waals surface area contributed by atoms with E-state index in [9.17, 15) is 0 Å². The molecule has 0 aliphatic carbocycles. The number of pyridine rings is 1. The number of nitrogens with zero attached hydrogens (tertiary/aromatic N) is 2. The van der Waals surface area contributed by atoms with Crippen LogP contribution in [0.3, 0.4) is 0 Å². The number of aromatic nitrogens is 1. The van der Waals surface area contributed by atoms with Crippen LogP contribution in [0.2, 0.25) is 0 Å². The molecule has 0 bridgehead atoms. The summed E-state index contributed by atoms with van der Waals surface area (Å²) in [5.41, 5.74) is 0. The summed E-state index contributed by atoms with van der Waals surface area (Å²) < 4.78 is 4.89. The second kappa shape index (κ2) is 4.17. The van der Waals surface area contributed by atoms with Gasteiger partial charge in [-0.15, -0.1) is 0 Å². The lowest BCUT2D eigenvalue weighted by Crippen LogP contribution is -2.15. The minimum atomic E-state index is 0.727. The molecule has 0 aromatic carbocycles. The lowest BCUT2D eigenvalue weighted by atomic mass is 10.5. The average molecular weight is 171 g/mol. The molecule has 1 rings (SSSR count). The first-order valence-corrected chi connectivity index (χ1v) is 3.83. The van der Waals surface area contributed by atoms with E-state index in [4.69, 9.17) is 9.42 Å². The lowest BCUT2D eigenvalue weighted by molar-refractivity contribution is 0.355. The summed E-state index contributed by atoms with van der Waals surface area (Å²) in [5.74, 6) is 0.727. The van der Waals surface area contributed by atoms with Gasteiger partial charge in [0.25, 0.3) is 0 Å². The molecule has 1 aromatic rings. The van der Waals surface area contributed by atoms with Crippen LogP contribution in [0.5, 0.6) is 0 Å². The fourth-order valence-electron chi connectivity index (χ4n) is 0.643. The lowest BCUT2D eigenvalue weighted by Gasteiger charge is -2.13. The Balaban J connectivity index is 2.61. The molecule has 1 heterocycles. The Hall–Kier alpha value is -0.780. The summed E-state index contributed by atoms with van der Waals surface area (Å²) in [6, 6.07) is 5.55. The summed E-state index contributed by atoms with van der Waals surface area (Å²) in [7, 11) is 1.74. The molecular formula is C6H9N3OS. The van der Waals surface area contributed by atoms with Crippen LogP contribution in [0.4, 0.5) is 5.82 Å². The van der Waals surface area contributed by atoms with Gasteiger partial charge in [-0.2, -0.15) is 4.28 Å². The molecule has 2 N–H and O–H groups in total. The van der Waals surface area contributed by atoms with Gasteiger partial charge in [0.2, 0.25) is 0 Å². The molecule has 0 aliphatic rings. The fraction of sp³-hybridized carbons (Fsp3) is 0.167. The van der Waals surface area contributed by atoms with E-state index in [0.717, 1.165) is 18.0 Å². The fourth-order valence-corrected chi connectivity index (χ4v) is 0.848. The normalized spacial score (nSPS) is 9.64. The van der Waals surface area contributed by atoms with E-state index in [-0.39, 0.29) is 0 Å². The zero-order valence-corrected chi connectivity index (χ0v) is 6.91. The number of hydrogen-bond acceptors (Lipinski definition) is 5. The first-order valence-electron chi connectivity index (χ1n) is 3.03. The largest absolute Gasteiger partial charge is 0.252 e. The third-order valence-corrected chi connectivity index (χ3v) is 1.44. The quantitative estimate of drug-likeness (QED) is 0.417. The monoisotopic (exact) mass is 171 g/mol. The predicted molar refractivity (Wildman–Crippen MR) is 45.5 cm³/mol. The molecule has 4 nitrogen and oxygen atoms in total. The standard InChI is InChI=1S/C6H9N3OS/c1-9(10-11-7)6-4-2-3-5-8-6/h2-5H,7H2,1H3. The molecule has 0 saturated heterocycles. The molecule has 0 fully saturated rings.